The highest BCUT2D eigenvalue weighted by atomic mass is 16.6. The first-order valence-corrected chi connectivity index (χ1v) is 10.7. The first kappa shape index (κ1) is 21.5. The number of piperazine rings is 1. The van der Waals surface area contributed by atoms with Crippen LogP contribution in [0.4, 0.5) is 17.2 Å². The van der Waals surface area contributed by atoms with Crippen molar-refractivity contribution in [1.29, 1.82) is 0 Å². The van der Waals surface area contributed by atoms with Crippen LogP contribution in [0.2, 0.25) is 0 Å². The second-order valence-corrected chi connectivity index (χ2v) is 7.72. The predicted octanol–water partition coefficient (Wildman–Crippen LogP) is 2.23. The summed E-state index contributed by atoms with van der Waals surface area (Å²) in [6.45, 7) is 4.45. The van der Waals surface area contributed by atoms with E-state index in [1.807, 2.05) is 36.1 Å². The first-order valence-electron chi connectivity index (χ1n) is 10.7. The minimum Gasteiger partial charge on any atom is -0.478 e. The van der Waals surface area contributed by atoms with Crippen LogP contribution in [0.25, 0.3) is 0 Å². The molecule has 0 radical (unpaired) electrons. The Morgan fingerprint density at radius 1 is 1.19 bits per heavy atom. The summed E-state index contributed by atoms with van der Waals surface area (Å²) in [6, 6.07) is 10.4. The van der Waals surface area contributed by atoms with Gasteiger partial charge in [-0.1, -0.05) is 19.1 Å². The van der Waals surface area contributed by atoms with E-state index in [-0.39, 0.29) is 23.9 Å². The van der Waals surface area contributed by atoms with Gasteiger partial charge in [0.2, 0.25) is 5.91 Å². The van der Waals surface area contributed by atoms with Gasteiger partial charge in [-0.05, 0) is 24.6 Å². The van der Waals surface area contributed by atoms with E-state index in [1.54, 1.807) is 15.9 Å². The van der Waals surface area contributed by atoms with E-state index in [0.29, 0.717) is 56.4 Å². The molecule has 1 saturated heterocycles. The first-order chi connectivity index (χ1) is 15.5. The molecule has 2 aliphatic rings. The number of benzene rings is 1. The number of hydrogen-bond donors (Lipinski definition) is 0. The number of nitro groups is 1. The average molecular weight is 439 g/mol. The maximum Gasteiger partial charge on any atom is 0.287 e. The third-order valence-electron chi connectivity index (χ3n) is 5.79. The molecule has 0 aliphatic carbocycles. The van der Waals surface area contributed by atoms with Gasteiger partial charge >= 0.3 is 0 Å². The summed E-state index contributed by atoms with van der Waals surface area (Å²) in [5.74, 6) is 1.19. The average Bonchev–Trinajstić information content (AvgIpc) is 2.83. The number of para-hydroxylation sites is 2. The number of carbonyl (C=O) groups is 2. The molecule has 1 aromatic carbocycles. The molecule has 0 bridgehead atoms. The minimum absolute atomic E-state index is 0.00821. The van der Waals surface area contributed by atoms with Gasteiger partial charge in [-0.25, -0.2) is 4.98 Å². The van der Waals surface area contributed by atoms with Gasteiger partial charge in [-0.2, -0.15) is 0 Å². The van der Waals surface area contributed by atoms with Crippen molar-refractivity contribution in [2.45, 2.75) is 25.9 Å². The van der Waals surface area contributed by atoms with E-state index < -0.39 is 11.0 Å². The van der Waals surface area contributed by atoms with Crippen LogP contribution in [0.5, 0.6) is 5.75 Å². The molecule has 2 aliphatic heterocycles. The Labute approximate surface area is 185 Å². The molecular formula is C22H25N5O5. The number of fused-ring (bicyclic) bond motifs is 1. The lowest BCUT2D eigenvalue weighted by Gasteiger charge is -2.37. The van der Waals surface area contributed by atoms with Gasteiger partial charge in [-0.15, -0.1) is 0 Å². The van der Waals surface area contributed by atoms with Gasteiger partial charge in [0, 0.05) is 45.2 Å². The standard InChI is InChI=1S/C22H25N5O5/c1-2-18-22(29)26(17-5-3-4-6-19(17)32-18)10-9-21(28)25-13-11-24(12-14-25)20-8-7-16(15-23-20)27(30)31/h3-8,15,18H,2,9-14H2,1H3. The number of aromatic nitrogens is 1. The highest BCUT2D eigenvalue weighted by Crippen LogP contribution is 2.34. The zero-order chi connectivity index (χ0) is 22.7. The van der Waals surface area contributed by atoms with Gasteiger partial charge in [0.15, 0.2) is 6.10 Å². The lowest BCUT2D eigenvalue weighted by molar-refractivity contribution is -0.385. The summed E-state index contributed by atoms with van der Waals surface area (Å²) in [5, 5.41) is 10.8. The second-order valence-electron chi connectivity index (χ2n) is 7.72. The number of nitrogens with zero attached hydrogens (tertiary/aromatic N) is 5. The zero-order valence-corrected chi connectivity index (χ0v) is 17.8. The Hall–Kier alpha value is -3.69. The molecule has 1 aromatic heterocycles. The van der Waals surface area contributed by atoms with Crippen LogP contribution in [0.1, 0.15) is 19.8 Å². The van der Waals surface area contributed by atoms with Crippen LogP contribution in [0.15, 0.2) is 42.6 Å². The molecule has 4 rings (SSSR count). The number of amides is 2. The molecule has 1 fully saturated rings. The van der Waals surface area contributed by atoms with Crippen LogP contribution < -0.4 is 14.5 Å². The number of ether oxygens (including phenoxy) is 1. The zero-order valence-electron chi connectivity index (χ0n) is 17.8. The molecule has 32 heavy (non-hydrogen) atoms. The normalized spacial score (nSPS) is 18.2. The summed E-state index contributed by atoms with van der Waals surface area (Å²) in [4.78, 5) is 45.5. The molecule has 2 amide bonds. The molecular weight excluding hydrogens is 414 g/mol. The molecule has 3 heterocycles. The van der Waals surface area contributed by atoms with Crippen LogP contribution in [-0.2, 0) is 9.59 Å². The van der Waals surface area contributed by atoms with E-state index in [1.165, 1.54) is 12.3 Å². The molecule has 10 nitrogen and oxygen atoms in total. The molecule has 0 N–H and O–H groups in total. The molecule has 168 valence electrons. The Morgan fingerprint density at radius 3 is 2.59 bits per heavy atom. The molecule has 1 atom stereocenters. The largest absolute Gasteiger partial charge is 0.478 e. The fourth-order valence-electron chi connectivity index (χ4n) is 3.99. The van der Waals surface area contributed by atoms with Crippen LogP contribution in [0.3, 0.4) is 0 Å². The number of carbonyl (C=O) groups excluding carboxylic acids is 2. The van der Waals surface area contributed by atoms with Crippen molar-refractivity contribution in [3.63, 3.8) is 0 Å². The summed E-state index contributed by atoms with van der Waals surface area (Å²) in [5.41, 5.74) is 0.649. The van der Waals surface area contributed by atoms with E-state index >= 15 is 0 Å². The van der Waals surface area contributed by atoms with Gasteiger partial charge in [-0.3, -0.25) is 19.7 Å². The van der Waals surface area contributed by atoms with Crippen molar-refractivity contribution >= 4 is 29.0 Å². The SMILES string of the molecule is CCC1Oc2ccccc2N(CCC(=O)N2CCN(c3ccc([N+](=O)[O-])cn3)CC2)C1=O. The van der Waals surface area contributed by atoms with Gasteiger partial charge in [0.25, 0.3) is 11.6 Å². The molecule has 0 spiro atoms. The number of hydrogen-bond acceptors (Lipinski definition) is 7. The number of rotatable bonds is 6. The van der Waals surface area contributed by atoms with E-state index in [2.05, 4.69) is 4.98 Å². The van der Waals surface area contributed by atoms with Crippen molar-refractivity contribution in [1.82, 2.24) is 9.88 Å². The summed E-state index contributed by atoms with van der Waals surface area (Å²) < 4.78 is 5.79. The van der Waals surface area contributed by atoms with Crippen molar-refractivity contribution in [3.05, 3.63) is 52.7 Å². The molecule has 10 heteroatoms. The number of anilines is 2. The maximum atomic E-state index is 12.8. The summed E-state index contributed by atoms with van der Waals surface area (Å²) >= 11 is 0. The minimum atomic E-state index is -0.530. The molecule has 1 unspecified atom stereocenters. The second kappa shape index (κ2) is 9.21. The van der Waals surface area contributed by atoms with Crippen molar-refractivity contribution in [3.8, 4) is 5.75 Å². The monoisotopic (exact) mass is 439 g/mol. The Kier molecular flexibility index (Phi) is 6.20. The predicted molar refractivity (Wildman–Crippen MR) is 118 cm³/mol. The van der Waals surface area contributed by atoms with E-state index in [4.69, 9.17) is 4.74 Å². The van der Waals surface area contributed by atoms with Crippen LogP contribution >= 0.6 is 0 Å². The quantitative estimate of drug-likeness (QED) is 0.501. The Bertz CT molecular complexity index is 1000. The lowest BCUT2D eigenvalue weighted by Crippen LogP contribution is -2.50. The Balaban J connectivity index is 1.33. The third-order valence-corrected chi connectivity index (χ3v) is 5.79. The fraction of sp³-hybridized carbons (Fsp3) is 0.409. The van der Waals surface area contributed by atoms with Crippen LogP contribution in [-0.4, -0.2) is 65.4 Å². The molecule has 2 aromatic rings. The van der Waals surface area contributed by atoms with E-state index in [9.17, 15) is 19.7 Å². The summed E-state index contributed by atoms with van der Waals surface area (Å²) in [6.07, 6.45) is 1.51. The van der Waals surface area contributed by atoms with Crippen molar-refractivity contribution < 1.29 is 19.2 Å². The fourth-order valence-corrected chi connectivity index (χ4v) is 3.99. The number of pyridine rings is 1. The Morgan fingerprint density at radius 2 is 1.94 bits per heavy atom. The maximum absolute atomic E-state index is 12.8. The van der Waals surface area contributed by atoms with Crippen LogP contribution in [0, 0.1) is 10.1 Å². The topological polar surface area (TPSA) is 109 Å². The van der Waals surface area contributed by atoms with Crippen molar-refractivity contribution in [2.24, 2.45) is 0 Å². The smallest absolute Gasteiger partial charge is 0.287 e. The third kappa shape index (κ3) is 4.34. The molecule has 0 saturated carbocycles. The van der Waals surface area contributed by atoms with E-state index in [0.717, 1.165) is 0 Å². The lowest BCUT2D eigenvalue weighted by atomic mass is 10.1. The van der Waals surface area contributed by atoms with Gasteiger partial charge in [0.05, 0.1) is 10.6 Å². The van der Waals surface area contributed by atoms with Gasteiger partial charge in [0.1, 0.15) is 17.8 Å². The highest BCUT2D eigenvalue weighted by Gasteiger charge is 2.33. The van der Waals surface area contributed by atoms with Crippen molar-refractivity contribution in [2.75, 3.05) is 42.5 Å². The highest BCUT2D eigenvalue weighted by molar-refractivity contribution is 6.00. The van der Waals surface area contributed by atoms with Gasteiger partial charge < -0.3 is 19.4 Å². The summed E-state index contributed by atoms with van der Waals surface area (Å²) in [7, 11) is 0.